The molecule has 108 valence electrons. The van der Waals surface area contributed by atoms with E-state index in [1.54, 1.807) is 13.8 Å². The molecule has 2 atom stereocenters. The first-order valence-corrected chi connectivity index (χ1v) is 7.42. The van der Waals surface area contributed by atoms with Crippen molar-refractivity contribution in [3.05, 3.63) is 12.0 Å². The molecule has 7 nitrogen and oxygen atoms in total. The Hall–Kier alpha value is -1.41. The number of ether oxygens (including phenoxy) is 1. The number of aromatic nitrogens is 2. The van der Waals surface area contributed by atoms with Crippen molar-refractivity contribution in [2.75, 3.05) is 7.11 Å². The van der Waals surface area contributed by atoms with E-state index in [-0.39, 0.29) is 10.9 Å². The lowest BCUT2D eigenvalue weighted by Crippen LogP contribution is -2.45. The lowest BCUT2D eigenvalue weighted by Gasteiger charge is -2.21. The fourth-order valence-corrected chi connectivity index (χ4v) is 2.79. The smallest absolute Gasteiger partial charge is 0.324 e. The fourth-order valence-electron chi connectivity index (χ4n) is 1.52. The molecule has 0 aliphatic heterocycles. The third-order valence-corrected chi connectivity index (χ3v) is 4.27. The summed E-state index contributed by atoms with van der Waals surface area (Å²) >= 11 is 0. The summed E-state index contributed by atoms with van der Waals surface area (Å²) < 4.78 is 31.2. The number of nitrogens with one attached hydrogen (secondary N) is 2. The largest absolute Gasteiger partial charge is 0.468 e. The van der Waals surface area contributed by atoms with E-state index < -0.39 is 22.0 Å². The summed E-state index contributed by atoms with van der Waals surface area (Å²) in [6.45, 7) is 5.29. The molecule has 1 rings (SSSR count). The Kier molecular flexibility index (Phi) is 5.07. The number of carbonyl (C=O) groups is 1. The molecule has 2 N–H and O–H groups in total. The van der Waals surface area contributed by atoms with Crippen LogP contribution >= 0.6 is 0 Å². The molecule has 2 unspecified atom stereocenters. The van der Waals surface area contributed by atoms with E-state index in [2.05, 4.69) is 19.4 Å². The van der Waals surface area contributed by atoms with Gasteiger partial charge < -0.3 is 9.72 Å². The zero-order chi connectivity index (χ0) is 14.6. The molecule has 0 saturated carbocycles. The maximum atomic E-state index is 12.1. The van der Waals surface area contributed by atoms with Crippen LogP contribution < -0.4 is 4.72 Å². The predicted octanol–water partition coefficient (Wildman–Crippen LogP) is 0.584. The quantitative estimate of drug-likeness (QED) is 0.746. The first-order chi connectivity index (χ1) is 8.81. The Morgan fingerprint density at radius 3 is 2.63 bits per heavy atom. The lowest BCUT2D eigenvalue weighted by atomic mass is 10.0. The summed E-state index contributed by atoms with van der Waals surface area (Å²) in [6, 6.07) is -0.913. The Morgan fingerprint density at radius 2 is 2.21 bits per heavy atom. The summed E-state index contributed by atoms with van der Waals surface area (Å²) in [5.74, 6) is -0.293. The summed E-state index contributed by atoms with van der Waals surface area (Å²) in [7, 11) is -2.59. The van der Waals surface area contributed by atoms with Crippen molar-refractivity contribution in [1.82, 2.24) is 14.7 Å². The second kappa shape index (κ2) is 6.16. The first-order valence-electron chi connectivity index (χ1n) is 5.93. The van der Waals surface area contributed by atoms with Gasteiger partial charge in [0, 0.05) is 0 Å². The van der Waals surface area contributed by atoms with Crippen LogP contribution in [0.2, 0.25) is 0 Å². The topological polar surface area (TPSA) is 101 Å². The third kappa shape index (κ3) is 3.77. The normalized spacial score (nSPS) is 14.9. The van der Waals surface area contributed by atoms with Crippen molar-refractivity contribution in [2.24, 2.45) is 5.92 Å². The number of aromatic amines is 1. The van der Waals surface area contributed by atoms with Gasteiger partial charge in [0.2, 0.25) is 0 Å². The van der Waals surface area contributed by atoms with Gasteiger partial charge in [-0.2, -0.15) is 4.72 Å². The van der Waals surface area contributed by atoms with Gasteiger partial charge in [0.1, 0.15) is 11.9 Å². The molecular formula is C11H19N3O4S. The highest BCUT2D eigenvalue weighted by atomic mass is 32.2. The maximum Gasteiger partial charge on any atom is 0.324 e. The minimum atomic E-state index is -3.82. The number of hydrogen-bond donors (Lipinski definition) is 2. The van der Waals surface area contributed by atoms with E-state index in [4.69, 9.17) is 0 Å². The van der Waals surface area contributed by atoms with Crippen molar-refractivity contribution in [1.29, 1.82) is 0 Å². The molecule has 8 heteroatoms. The molecule has 1 aromatic heterocycles. The van der Waals surface area contributed by atoms with Gasteiger partial charge in [-0.1, -0.05) is 20.3 Å². The second-order valence-electron chi connectivity index (χ2n) is 4.34. The molecule has 0 aliphatic rings. The molecule has 0 saturated heterocycles. The van der Waals surface area contributed by atoms with Crippen LogP contribution in [-0.4, -0.2) is 37.5 Å². The molecule has 0 aliphatic carbocycles. The number of H-pyrrole nitrogens is 1. The van der Waals surface area contributed by atoms with Crippen LogP contribution in [0.15, 0.2) is 11.2 Å². The molecule has 19 heavy (non-hydrogen) atoms. The number of imidazole rings is 1. The number of sulfonamides is 1. The number of carbonyl (C=O) groups excluding carboxylic acids is 1. The number of methoxy groups -OCH3 is 1. The van der Waals surface area contributed by atoms with Gasteiger partial charge in [-0.25, -0.2) is 13.4 Å². The zero-order valence-corrected chi connectivity index (χ0v) is 12.2. The number of rotatable bonds is 6. The van der Waals surface area contributed by atoms with Crippen LogP contribution in [0.25, 0.3) is 0 Å². The van der Waals surface area contributed by atoms with Gasteiger partial charge in [-0.15, -0.1) is 0 Å². The summed E-state index contributed by atoms with van der Waals surface area (Å²) in [4.78, 5) is 18.1. The molecule has 1 aromatic rings. The summed E-state index contributed by atoms with van der Waals surface area (Å²) in [6.07, 6.45) is 1.85. The van der Waals surface area contributed by atoms with Crippen molar-refractivity contribution < 1.29 is 17.9 Å². The average Bonchev–Trinajstić information content (AvgIpc) is 2.81. The number of esters is 1. The highest BCUT2D eigenvalue weighted by molar-refractivity contribution is 7.89. The molecular weight excluding hydrogens is 270 g/mol. The Morgan fingerprint density at radius 1 is 1.58 bits per heavy atom. The highest BCUT2D eigenvalue weighted by Crippen LogP contribution is 2.13. The minimum Gasteiger partial charge on any atom is -0.468 e. The lowest BCUT2D eigenvalue weighted by molar-refractivity contribution is -0.143. The summed E-state index contributed by atoms with van der Waals surface area (Å²) in [5.41, 5.74) is 0. The first kappa shape index (κ1) is 15.6. The van der Waals surface area contributed by atoms with Gasteiger partial charge >= 0.3 is 5.97 Å². The molecule has 1 heterocycles. The van der Waals surface area contributed by atoms with Gasteiger partial charge in [0.15, 0.2) is 5.03 Å². The number of aryl methyl sites for hydroxylation is 1. The molecule has 0 bridgehead atoms. The monoisotopic (exact) mass is 289 g/mol. The van der Waals surface area contributed by atoms with E-state index in [0.29, 0.717) is 12.2 Å². The van der Waals surface area contributed by atoms with Crippen LogP contribution in [0.3, 0.4) is 0 Å². The molecule has 0 spiro atoms. The Bertz CT molecular complexity index is 538. The van der Waals surface area contributed by atoms with Crippen LogP contribution in [0.1, 0.15) is 26.1 Å². The molecule has 0 radical (unpaired) electrons. The van der Waals surface area contributed by atoms with E-state index in [1.807, 2.05) is 6.92 Å². The zero-order valence-electron chi connectivity index (χ0n) is 11.4. The van der Waals surface area contributed by atoms with Crippen molar-refractivity contribution in [3.8, 4) is 0 Å². The van der Waals surface area contributed by atoms with E-state index in [0.717, 1.165) is 0 Å². The molecule has 0 fully saturated rings. The van der Waals surface area contributed by atoms with Crippen LogP contribution in [-0.2, 0) is 19.6 Å². The second-order valence-corrected chi connectivity index (χ2v) is 6.02. The Labute approximate surface area is 112 Å². The third-order valence-electron chi connectivity index (χ3n) is 2.92. The minimum absolute atomic E-state index is 0.0674. The van der Waals surface area contributed by atoms with E-state index in [9.17, 15) is 13.2 Å². The number of hydrogen-bond acceptors (Lipinski definition) is 5. The average molecular weight is 289 g/mol. The maximum absolute atomic E-state index is 12.1. The van der Waals surface area contributed by atoms with Gasteiger partial charge in [0.05, 0.1) is 13.3 Å². The highest BCUT2D eigenvalue weighted by Gasteiger charge is 2.31. The Balaban J connectivity index is 2.98. The van der Waals surface area contributed by atoms with Crippen LogP contribution in [0, 0.1) is 12.8 Å². The predicted molar refractivity (Wildman–Crippen MR) is 68.9 cm³/mol. The van der Waals surface area contributed by atoms with Crippen molar-refractivity contribution in [2.45, 2.75) is 38.3 Å². The summed E-state index contributed by atoms with van der Waals surface area (Å²) in [5, 5.41) is -0.0674. The standard InChI is InChI=1S/C11H19N3O4S/c1-5-7(2)10(11(15)18-4)14-19(16,17)9-6-12-8(3)13-9/h6-7,10,14H,5H2,1-4H3,(H,12,13). The number of nitrogens with zero attached hydrogens (tertiary/aromatic N) is 1. The van der Waals surface area contributed by atoms with Gasteiger partial charge in [0.25, 0.3) is 10.0 Å². The SMILES string of the molecule is CCC(C)C(NS(=O)(=O)c1cnc(C)[nH]1)C(=O)OC. The van der Waals surface area contributed by atoms with Gasteiger partial charge in [-0.3, -0.25) is 4.79 Å². The van der Waals surface area contributed by atoms with Gasteiger partial charge in [-0.05, 0) is 12.8 Å². The molecule has 0 amide bonds. The van der Waals surface area contributed by atoms with E-state index in [1.165, 1.54) is 13.3 Å². The van der Waals surface area contributed by atoms with Crippen LogP contribution in [0.5, 0.6) is 0 Å². The van der Waals surface area contributed by atoms with Crippen molar-refractivity contribution >= 4 is 16.0 Å². The fraction of sp³-hybridized carbons (Fsp3) is 0.636. The molecule has 0 aromatic carbocycles. The van der Waals surface area contributed by atoms with Crippen molar-refractivity contribution in [3.63, 3.8) is 0 Å². The van der Waals surface area contributed by atoms with E-state index >= 15 is 0 Å². The van der Waals surface area contributed by atoms with Crippen LogP contribution in [0.4, 0.5) is 0 Å².